The summed E-state index contributed by atoms with van der Waals surface area (Å²) in [5.74, 6) is 2.47. The molecule has 1 unspecified atom stereocenters. The molecule has 0 spiro atoms. The summed E-state index contributed by atoms with van der Waals surface area (Å²) in [7, 11) is 3.34. The quantitative estimate of drug-likeness (QED) is 0.724. The molecule has 1 aliphatic heterocycles. The number of anilines is 1. The molecule has 8 heteroatoms. The predicted molar refractivity (Wildman–Crippen MR) is 87.4 cm³/mol. The number of hydrogen-bond acceptors (Lipinski definition) is 7. The average molecular weight is 326 g/mol. The van der Waals surface area contributed by atoms with E-state index in [0.29, 0.717) is 5.65 Å². The molecule has 4 rings (SSSR count). The van der Waals surface area contributed by atoms with Gasteiger partial charge >= 0.3 is 0 Å². The zero-order valence-corrected chi connectivity index (χ0v) is 13.6. The van der Waals surface area contributed by atoms with E-state index in [1.54, 1.807) is 14.2 Å². The third-order valence-corrected chi connectivity index (χ3v) is 4.40. The average Bonchev–Trinajstić information content (AvgIpc) is 3.29. The minimum Gasteiger partial charge on any atom is -0.497 e. The van der Waals surface area contributed by atoms with Gasteiger partial charge in [0.05, 0.1) is 20.3 Å². The van der Waals surface area contributed by atoms with Crippen LogP contribution < -0.4 is 14.4 Å². The first-order chi connectivity index (χ1) is 11.8. The molecule has 2 aromatic heterocycles. The Hall–Kier alpha value is -2.90. The van der Waals surface area contributed by atoms with Crippen molar-refractivity contribution in [1.82, 2.24) is 25.3 Å². The summed E-state index contributed by atoms with van der Waals surface area (Å²) in [6, 6.07) is 9.99. The van der Waals surface area contributed by atoms with Crippen LogP contribution in [0.1, 0.15) is 24.4 Å². The molecule has 3 aromatic rings. The zero-order chi connectivity index (χ0) is 16.5. The Morgan fingerprint density at radius 3 is 2.88 bits per heavy atom. The lowest BCUT2D eigenvalue weighted by atomic mass is 10.0. The third-order valence-electron chi connectivity index (χ3n) is 4.40. The molecular formula is C16H18N6O2. The van der Waals surface area contributed by atoms with Crippen LogP contribution in [0.15, 0.2) is 30.3 Å². The SMILES string of the molecule is COc1ccc(C2CCCN2c2ccc3nnnn3n2)c(OC)c1. The van der Waals surface area contributed by atoms with Crippen molar-refractivity contribution in [2.24, 2.45) is 0 Å². The van der Waals surface area contributed by atoms with E-state index in [1.807, 2.05) is 24.3 Å². The van der Waals surface area contributed by atoms with E-state index < -0.39 is 0 Å². The summed E-state index contributed by atoms with van der Waals surface area (Å²) in [5, 5.41) is 15.9. The highest BCUT2D eigenvalue weighted by Gasteiger charge is 2.30. The standard InChI is InChI=1S/C16H18N6O2/c1-23-11-5-6-12(14(10-11)24-2)13-4-3-9-21(13)16-8-7-15-17-19-20-22(15)18-16/h5-8,10,13H,3-4,9H2,1-2H3. The van der Waals surface area contributed by atoms with E-state index >= 15 is 0 Å². The molecule has 1 aliphatic rings. The largest absolute Gasteiger partial charge is 0.497 e. The van der Waals surface area contributed by atoms with Crippen LogP contribution in [0.3, 0.4) is 0 Å². The number of fused-ring (bicyclic) bond motifs is 1. The summed E-state index contributed by atoms with van der Waals surface area (Å²) >= 11 is 0. The van der Waals surface area contributed by atoms with Crippen molar-refractivity contribution in [3.8, 4) is 11.5 Å². The normalized spacial score (nSPS) is 17.4. The van der Waals surface area contributed by atoms with Crippen LogP contribution in [-0.4, -0.2) is 46.0 Å². The van der Waals surface area contributed by atoms with Gasteiger partial charge in [-0.2, -0.15) is 0 Å². The van der Waals surface area contributed by atoms with Crippen molar-refractivity contribution in [2.75, 3.05) is 25.7 Å². The molecule has 1 fully saturated rings. The highest BCUT2D eigenvalue weighted by atomic mass is 16.5. The van der Waals surface area contributed by atoms with E-state index in [9.17, 15) is 0 Å². The van der Waals surface area contributed by atoms with Gasteiger partial charge in [0.2, 0.25) is 0 Å². The molecule has 0 N–H and O–H groups in total. The fraction of sp³-hybridized carbons (Fsp3) is 0.375. The molecule has 0 radical (unpaired) electrons. The Balaban J connectivity index is 1.72. The molecule has 3 heterocycles. The van der Waals surface area contributed by atoms with E-state index in [1.165, 1.54) is 4.63 Å². The number of ether oxygens (including phenoxy) is 2. The van der Waals surface area contributed by atoms with Gasteiger partial charge in [-0.1, -0.05) is 0 Å². The van der Waals surface area contributed by atoms with Crippen molar-refractivity contribution in [1.29, 1.82) is 0 Å². The minimum absolute atomic E-state index is 0.201. The second-order valence-corrected chi connectivity index (χ2v) is 5.68. The van der Waals surface area contributed by atoms with Gasteiger partial charge in [0, 0.05) is 18.2 Å². The number of tetrazole rings is 1. The molecule has 0 bridgehead atoms. The highest BCUT2D eigenvalue weighted by Crippen LogP contribution is 2.40. The molecule has 1 saturated heterocycles. The smallest absolute Gasteiger partial charge is 0.200 e. The number of nitrogens with zero attached hydrogens (tertiary/aromatic N) is 6. The number of rotatable bonds is 4. The number of aromatic nitrogens is 5. The highest BCUT2D eigenvalue weighted by molar-refractivity contribution is 5.51. The van der Waals surface area contributed by atoms with Crippen molar-refractivity contribution in [3.63, 3.8) is 0 Å². The molecule has 0 aliphatic carbocycles. The van der Waals surface area contributed by atoms with Gasteiger partial charge in [0.1, 0.15) is 11.5 Å². The fourth-order valence-corrected chi connectivity index (χ4v) is 3.25. The summed E-state index contributed by atoms with van der Waals surface area (Å²) in [5.41, 5.74) is 1.77. The van der Waals surface area contributed by atoms with Crippen molar-refractivity contribution in [3.05, 3.63) is 35.9 Å². The molecule has 0 amide bonds. The van der Waals surface area contributed by atoms with Gasteiger partial charge in [0.25, 0.3) is 0 Å². The number of methoxy groups -OCH3 is 2. The minimum atomic E-state index is 0.201. The second-order valence-electron chi connectivity index (χ2n) is 5.68. The van der Waals surface area contributed by atoms with Crippen molar-refractivity contribution in [2.45, 2.75) is 18.9 Å². The van der Waals surface area contributed by atoms with E-state index in [0.717, 1.165) is 42.3 Å². The molecule has 124 valence electrons. The Bertz CT molecular complexity index is 865. The third kappa shape index (κ3) is 2.40. The van der Waals surface area contributed by atoms with Gasteiger partial charge in [0.15, 0.2) is 11.5 Å². The summed E-state index contributed by atoms with van der Waals surface area (Å²) in [6.07, 6.45) is 2.13. The molecule has 24 heavy (non-hydrogen) atoms. The Morgan fingerprint density at radius 2 is 2.04 bits per heavy atom. The monoisotopic (exact) mass is 326 g/mol. The molecule has 1 aromatic carbocycles. The maximum Gasteiger partial charge on any atom is 0.200 e. The van der Waals surface area contributed by atoms with E-state index in [4.69, 9.17) is 9.47 Å². The van der Waals surface area contributed by atoms with Crippen molar-refractivity contribution >= 4 is 11.5 Å². The van der Waals surface area contributed by atoms with Crippen LogP contribution >= 0.6 is 0 Å². The van der Waals surface area contributed by atoms with E-state index in [2.05, 4.69) is 31.6 Å². The van der Waals surface area contributed by atoms with Crippen LogP contribution in [-0.2, 0) is 0 Å². The Morgan fingerprint density at radius 1 is 1.12 bits per heavy atom. The predicted octanol–water partition coefficient (Wildman–Crippen LogP) is 1.88. The first-order valence-electron chi connectivity index (χ1n) is 7.84. The Labute approximate surface area is 139 Å². The zero-order valence-electron chi connectivity index (χ0n) is 13.6. The van der Waals surface area contributed by atoms with Crippen LogP contribution in [0, 0.1) is 0 Å². The maximum absolute atomic E-state index is 5.58. The molecule has 8 nitrogen and oxygen atoms in total. The lowest BCUT2D eigenvalue weighted by Gasteiger charge is -2.27. The summed E-state index contributed by atoms with van der Waals surface area (Å²) in [4.78, 5) is 2.27. The van der Waals surface area contributed by atoms with Crippen LogP contribution in [0.2, 0.25) is 0 Å². The fourth-order valence-electron chi connectivity index (χ4n) is 3.25. The lowest BCUT2D eigenvalue weighted by Crippen LogP contribution is -2.24. The number of benzene rings is 1. The summed E-state index contributed by atoms with van der Waals surface area (Å²) in [6.45, 7) is 0.931. The number of hydrogen-bond donors (Lipinski definition) is 0. The van der Waals surface area contributed by atoms with Crippen LogP contribution in [0.4, 0.5) is 5.82 Å². The molecular weight excluding hydrogens is 308 g/mol. The summed E-state index contributed by atoms with van der Waals surface area (Å²) < 4.78 is 12.3. The van der Waals surface area contributed by atoms with E-state index in [-0.39, 0.29) is 6.04 Å². The van der Waals surface area contributed by atoms with Gasteiger partial charge in [-0.05, 0) is 47.5 Å². The lowest BCUT2D eigenvalue weighted by molar-refractivity contribution is 0.388. The topological polar surface area (TPSA) is 77.7 Å². The van der Waals surface area contributed by atoms with Crippen LogP contribution in [0.5, 0.6) is 11.5 Å². The Kier molecular flexibility index (Phi) is 3.64. The van der Waals surface area contributed by atoms with Gasteiger partial charge in [-0.15, -0.1) is 14.8 Å². The molecule has 0 saturated carbocycles. The first kappa shape index (κ1) is 14.7. The van der Waals surface area contributed by atoms with Crippen molar-refractivity contribution < 1.29 is 9.47 Å². The first-order valence-corrected chi connectivity index (χ1v) is 7.84. The second kappa shape index (κ2) is 5.95. The van der Waals surface area contributed by atoms with Crippen LogP contribution in [0.25, 0.3) is 5.65 Å². The maximum atomic E-state index is 5.58. The molecule has 1 atom stereocenters. The van der Waals surface area contributed by atoms with Gasteiger partial charge in [-0.25, -0.2) is 0 Å². The van der Waals surface area contributed by atoms with Gasteiger partial charge < -0.3 is 14.4 Å². The van der Waals surface area contributed by atoms with Gasteiger partial charge in [-0.3, -0.25) is 0 Å².